The lowest BCUT2D eigenvalue weighted by Crippen LogP contribution is -2.17. The number of nitrogens with zero attached hydrogens (tertiary/aromatic N) is 1. The highest BCUT2D eigenvalue weighted by atomic mass is 14.9. The molecule has 1 aliphatic rings. The summed E-state index contributed by atoms with van der Waals surface area (Å²) in [7, 11) is 2.13. The summed E-state index contributed by atoms with van der Waals surface area (Å²) < 4.78 is 2.26. The van der Waals surface area contributed by atoms with Crippen molar-refractivity contribution in [3.05, 3.63) is 66.3 Å². The summed E-state index contributed by atoms with van der Waals surface area (Å²) in [6.07, 6.45) is 7.37. The van der Waals surface area contributed by atoms with Gasteiger partial charge in [0.25, 0.3) is 0 Å². The van der Waals surface area contributed by atoms with Gasteiger partial charge < -0.3 is 10.3 Å². The maximum atomic E-state index is 5.91. The Kier molecular flexibility index (Phi) is 2.72. The SMILES string of the molecule is Cn1c2ccccc2c2cc(C3=CCC(N)C=C3)ccc21. The number of nitrogens with two attached hydrogens (primary N) is 1. The molecular formula is C19H18N2. The number of benzene rings is 2. The molecule has 4 rings (SSSR count). The molecular weight excluding hydrogens is 256 g/mol. The summed E-state index contributed by atoms with van der Waals surface area (Å²) in [5, 5.41) is 2.63. The van der Waals surface area contributed by atoms with Gasteiger partial charge >= 0.3 is 0 Å². The van der Waals surface area contributed by atoms with Crippen LogP contribution in [0.3, 0.4) is 0 Å². The van der Waals surface area contributed by atoms with Crippen LogP contribution in [0.1, 0.15) is 12.0 Å². The Morgan fingerprint density at radius 1 is 1.05 bits per heavy atom. The summed E-state index contributed by atoms with van der Waals surface area (Å²) in [6.45, 7) is 0. The van der Waals surface area contributed by atoms with Gasteiger partial charge in [0.15, 0.2) is 0 Å². The minimum Gasteiger partial charge on any atom is -0.344 e. The number of fused-ring (bicyclic) bond motifs is 3. The third-order valence-electron chi connectivity index (χ3n) is 4.38. The summed E-state index contributed by atoms with van der Waals surface area (Å²) in [5.74, 6) is 0. The van der Waals surface area contributed by atoms with E-state index in [2.05, 4.69) is 72.3 Å². The first-order valence-electron chi connectivity index (χ1n) is 7.35. The second kappa shape index (κ2) is 4.61. The molecule has 104 valence electrons. The van der Waals surface area contributed by atoms with E-state index in [1.165, 1.54) is 32.9 Å². The topological polar surface area (TPSA) is 30.9 Å². The van der Waals surface area contributed by atoms with E-state index in [1.54, 1.807) is 0 Å². The van der Waals surface area contributed by atoms with Gasteiger partial charge in [-0.3, -0.25) is 0 Å². The van der Waals surface area contributed by atoms with Gasteiger partial charge in [-0.15, -0.1) is 0 Å². The molecule has 0 saturated heterocycles. The van der Waals surface area contributed by atoms with Crippen LogP contribution in [0.2, 0.25) is 0 Å². The van der Waals surface area contributed by atoms with Crippen molar-refractivity contribution in [2.45, 2.75) is 12.5 Å². The lowest BCUT2D eigenvalue weighted by Gasteiger charge is -2.12. The normalized spacial score (nSPS) is 18.4. The maximum Gasteiger partial charge on any atom is 0.0489 e. The van der Waals surface area contributed by atoms with E-state index in [0.717, 1.165) is 6.42 Å². The molecule has 1 unspecified atom stereocenters. The van der Waals surface area contributed by atoms with Crippen molar-refractivity contribution in [3.8, 4) is 0 Å². The minimum atomic E-state index is 0.162. The van der Waals surface area contributed by atoms with Crippen LogP contribution in [0.4, 0.5) is 0 Å². The van der Waals surface area contributed by atoms with Crippen molar-refractivity contribution in [2.75, 3.05) is 0 Å². The number of aromatic nitrogens is 1. The Morgan fingerprint density at radius 2 is 1.86 bits per heavy atom. The molecule has 0 aliphatic heterocycles. The van der Waals surface area contributed by atoms with Gasteiger partial charge in [-0.2, -0.15) is 0 Å². The second-order valence-corrected chi connectivity index (χ2v) is 5.73. The Hall–Kier alpha value is -2.32. The molecule has 0 radical (unpaired) electrons. The summed E-state index contributed by atoms with van der Waals surface area (Å²) >= 11 is 0. The van der Waals surface area contributed by atoms with E-state index in [0.29, 0.717) is 0 Å². The first kappa shape index (κ1) is 12.4. The fraction of sp³-hybridized carbons (Fsp3) is 0.158. The summed E-state index contributed by atoms with van der Waals surface area (Å²) in [4.78, 5) is 0. The first-order chi connectivity index (χ1) is 10.2. The van der Waals surface area contributed by atoms with Gasteiger partial charge in [0.2, 0.25) is 0 Å². The monoisotopic (exact) mass is 274 g/mol. The predicted molar refractivity (Wildman–Crippen MR) is 90.1 cm³/mol. The number of aryl methyl sites for hydroxylation is 1. The number of allylic oxidation sites excluding steroid dienone is 2. The van der Waals surface area contributed by atoms with Crippen LogP contribution in [0.5, 0.6) is 0 Å². The second-order valence-electron chi connectivity index (χ2n) is 5.73. The van der Waals surface area contributed by atoms with Gasteiger partial charge in [-0.1, -0.05) is 42.5 Å². The van der Waals surface area contributed by atoms with Crippen molar-refractivity contribution < 1.29 is 0 Å². The summed E-state index contributed by atoms with van der Waals surface area (Å²) in [6, 6.07) is 15.4. The molecule has 3 aromatic rings. The van der Waals surface area contributed by atoms with E-state index in [1.807, 2.05) is 0 Å². The molecule has 1 atom stereocenters. The summed E-state index contributed by atoms with van der Waals surface area (Å²) in [5.41, 5.74) is 11.0. The number of hydrogen-bond acceptors (Lipinski definition) is 1. The molecule has 0 bridgehead atoms. The molecule has 1 aliphatic carbocycles. The Labute approximate surface area is 124 Å². The molecule has 21 heavy (non-hydrogen) atoms. The molecule has 2 nitrogen and oxygen atoms in total. The van der Waals surface area contributed by atoms with Crippen molar-refractivity contribution >= 4 is 27.4 Å². The molecule has 2 N–H and O–H groups in total. The van der Waals surface area contributed by atoms with Crippen LogP contribution in [0.25, 0.3) is 27.4 Å². The molecule has 2 heteroatoms. The van der Waals surface area contributed by atoms with E-state index < -0.39 is 0 Å². The largest absolute Gasteiger partial charge is 0.344 e. The zero-order valence-electron chi connectivity index (χ0n) is 12.1. The zero-order valence-corrected chi connectivity index (χ0v) is 12.1. The van der Waals surface area contributed by atoms with Crippen molar-refractivity contribution in [3.63, 3.8) is 0 Å². The lowest BCUT2D eigenvalue weighted by molar-refractivity contribution is 0.828. The van der Waals surface area contributed by atoms with Gasteiger partial charge in [-0.25, -0.2) is 0 Å². The quantitative estimate of drug-likeness (QED) is 0.714. The van der Waals surface area contributed by atoms with Crippen LogP contribution >= 0.6 is 0 Å². The number of hydrogen-bond donors (Lipinski definition) is 1. The van der Waals surface area contributed by atoms with Gasteiger partial charge in [-0.05, 0) is 35.8 Å². The highest BCUT2D eigenvalue weighted by Crippen LogP contribution is 2.31. The minimum absolute atomic E-state index is 0.162. The van der Waals surface area contributed by atoms with Crippen LogP contribution in [0.15, 0.2) is 60.7 Å². The van der Waals surface area contributed by atoms with Gasteiger partial charge in [0.05, 0.1) is 0 Å². The van der Waals surface area contributed by atoms with Crippen LogP contribution in [-0.2, 0) is 7.05 Å². The average Bonchev–Trinajstić information content (AvgIpc) is 2.81. The van der Waals surface area contributed by atoms with Crippen molar-refractivity contribution in [2.24, 2.45) is 12.8 Å². The van der Waals surface area contributed by atoms with Crippen LogP contribution in [-0.4, -0.2) is 10.6 Å². The fourth-order valence-electron chi connectivity index (χ4n) is 3.20. The Bertz CT molecular complexity index is 896. The average molecular weight is 274 g/mol. The highest BCUT2D eigenvalue weighted by molar-refractivity contribution is 6.09. The lowest BCUT2D eigenvalue weighted by atomic mass is 9.96. The Balaban J connectivity index is 1.94. The smallest absolute Gasteiger partial charge is 0.0489 e. The number of rotatable bonds is 1. The fourth-order valence-corrected chi connectivity index (χ4v) is 3.20. The molecule has 2 aromatic carbocycles. The van der Waals surface area contributed by atoms with Crippen LogP contribution in [0, 0.1) is 0 Å². The van der Waals surface area contributed by atoms with E-state index in [9.17, 15) is 0 Å². The molecule has 0 fully saturated rings. The van der Waals surface area contributed by atoms with E-state index in [-0.39, 0.29) is 6.04 Å². The Morgan fingerprint density at radius 3 is 2.67 bits per heavy atom. The maximum absolute atomic E-state index is 5.91. The zero-order chi connectivity index (χ0) is 14.4. The highest BCUT2D eigenvalue weighted by Gasteiger charge is 2.10. The number of para-hydroxylation sites is 1. The van der Waals surface area contributed by atoms with Gasteiger partial charge in [0, 0.05) is 34.9 Å². The third kappa shape index (κ3) is 1.91. The molecule has 1 aromatic heterocycles. The van der Waals surface area contributed by atoms with Gasteiger partial charge in [0.1, 0.15) is 0 Å². The third-order valence-corrected chi connectivity index (χ3v) is 4.38. The van der Waals surface area contributed by atoms with Crippen molar-refractivity contribution in [1.29, 1.82) is 0 Å². The molecule has 0 saturated carbocycles. The van der Waals surface area contributed by atoms with E-state index >= 15 is 0 Å². The van der Waals surface area contributed by atoms with Crippen LogP contribution < -0.4 is 5.73 Å². The van der Waals surface area contributed by atoms with Crippen molar-refractivity contribution in [1.82, 2.24) is 4.57 Å². The standard InChI is InChI=1S/C19H18N2/c1-21-18-5-3-2-4-16(18)17-12-14(8-11-19(17)21)13-6-9-15(20)10-7-13/h2-9,11-12,15H,10,20H2,1H3. The van der Waals surface area contributed by atoms with E-state index in [4.69, 9.17) is 5.73 Å². The predicted octanol–water partition coefficient (Wildman–Crippen LogP) is 4.00. The molecule has 1 heterocycles. The first-order valence-corrected chi connectivity index (χ1v) is 7.35. The molecule has 0 amide bonds. The molecule has 0 spiro atoms.